The van der Waals surface area contributed by atoms with Crippen molar-refractivity contribution in [2.45, 2.75) is 0 Å². The minimum absolute atomic E-state index is 0.193. The molecule has 0 saturated heterocycles. The third-order valence-corrected chi connectivity index (χ3v) is 4.91. The van der Waals surface area contributed by atoms with E-state index in [1.54, 1.807) is 23.0 Å². The molecule has 3 aromatic rings. The van der Waals surface area contributed by atoms with Crippen LogP contribution < -0.4 is 5.32 Å². The lowest BCUT2D eigenvalue weighted by molar-refractivity contribution is 0.102. The van der Waals surface area contributed by atoms with E-state index in [1.165, 1.54) is 11.3 Å². The van der Waals surface area contributed by atoms with Gasteiger partial charge in [-0.1, -0.05) is 23.7 Å². The average molecular weight is 383 g/mol. The summed E-state index contributed by atoms with van der Waals surface area (Å²) >= 11 is 10.8. The van der Waals surface area contributed by atoms with Crippen LogP contribution in [0.1, 0.15) is 9.67 Å². The van der Waals surface area contributed by atoms with Crippen molar-refractivity contribution in [1.29, 1.82) is 0 Å². The predicted octanol–water partition coefficient (Wildman–Crippen LogP) is 4.60. The van der Waals surface area contributed by atoms with Crippen LogP contribution in [0.4, 0.5) is 5.82 Å². The molecular weight excluding hydrogens is 374 g/mol. The number of hydrogen-bond acceptors (Lipinski definition) is 3. The Balaban J connectivity index is 1.82. The number of hydrogen-bond donors (Lipinski definition) is 1. The van der Waals surface area contributed by atoms with E-state index in [9.17, 15) is 4.79 Å². The van der Waals surface area contributed by atoms with E-state index in [4.69, 9.17) is 11.6 Å². The second-order valence-electron chi connectivity index (χ2n) is 4.15. The summed E-state index contributed by atoms with van der Waals surface area (Å²) in [5.74, 6) is 0.279. The Bertz CT molecular complexity index is 799. The molecule has 0 fully saturated rings. The van der Waals surface area contributed by atoms with Gasteiger partial charge in [-0.15, -0.1) is 16.4 Å². The number of carbonyl (C=O) groups is 1. The van der Waals surface area contributed by atoms with Gasteiger partial charge in [0.15, 0.2) is 5.82 Å². The molecule has 0 saturated carbocycles. The predicted molar refractivity (Wildman–Crippen MR) is 88.5 cm³/mol. The van der Waals surface area contributed by atoms with Gasteiger partial charge in [0.05, 0.1) is 10.7 Å². The van der Waals surface area contributed by atoms with E-state index in [1.807, 2.05) is 29.6 Å². The lowest BCUT2D eigenvalue weighted by Crippen LogP contribution is -2.11. The maximum Gasteiger partial charge on any atom is 0.268 e. The highest BCUT2D eigenvalue weighted by Crippen LogP contribution is 2.24. The SMILES string of the molecule is O=C(Nc1ccn(-c2ccccc2Cl)n1)c1sccc1Br. The Hall–Kier alpha value is -1.63. The minimum Gasteiger partial charge on any atom is -0.304 e. The maximum absolute atomic E-state index is 12.1. The fraction of sp³-hybridized carbons (Fsp3) is 0. The molecule has 4 nitrogen and oxygen atoms in total. The molecule has 0 bridgehead atoms. The monoisotopic (exact) mass is 381 g/mol. The lowest BCUT2D eigenvalue weighted by Gasteiger charge is -2.03. The van der Waals surface area contributed by atoms with Gasteiger partial charge in [0, 0.05) is 16.7 Å². The molecule has 0 aliphatic rings. The van der Waals surface area contributed by atoms with Gasteiger partial charge in [0.1, 0.15) is 4.88 Å². The van der Waals surface area contributed by atoms with Crippen molar-refractivity contribution in [3.63, 3.8) is 0 Å². The summed E-state index contributed by atoms with van der Waals surface area (Å²) in [6, 6.07) is 10.9. The zero-order valence-corrected chi connectivity index (χ0v) is 13.7. The normalized spacial score (nSPS) is 10.6. The molecule has 0 radical (unpaired) electrons. The van der Waals surface area contributed by atoms with E-state index in [0.29, 0.717) is 15.7 Å². The quantitative estimate of drug-likeness (QED) is 0.719. The zero-order valence-electron chi connectivity index (χ0n) is 10.6. The van der Waals surface area contributed by atoms with Crippen LogP contribution in [-0.4, -0.2) is 15.7 Å². The van der Waals surface area contributed by atoms with Crippen molar-refractivity contribution in [1.82, 2.24) is 9.78 Å². The number of anilines is 1. The summed E-state index contributed by atoms with van der Waals surface area (Å²) in [4.78, 5) is 12.7. The van der Waals surface area contributed by atoms with Gasteiger partial charge in [0.25, 0.3) is 5.91 Å². The Kier molecular flexibility index (Phi) is 4.10. The van der Waals surface area contributed by atoms with Crippen molar-refractivity contribution in [3.05, 3.63) is 62.3 Å². The maximum atomic E-state index is 12.1. The molecule has 1 aromatic carbocycles. The molecule has 0 atom stereocenters. The summed E-state index contributed by atoms with van der Waals surface area (Å²) in [6.07, 6.45) is 1.75. The van der Waals surface area contributed by atoms with Crippen molar-refractivity contribution >= 4 is 50.6 Å². The van der Waals surface area contributed by atoms with Gasteiger partial charge in [-0.05, 0) is 39.5 Å². The summed E-state index contributed by atoms with van der Waals surface area (Å²) in [5, 5.41) is 9.52. The first-order chi connectivity index (χ1) is 10.1. The number of benzene rings is 1. The molecule has 1 N–H and O–H groups in total. The van der Waals surface area contributed by atoms with Crippen molar-refractivity contribution < 1.29 is 4.79 Å². The first-order valence-corrected chi connectivity index (χ1v) is 8.05. The first kappa shape index (κ1) is 14.3. The van der Waals surface area contributed by atoms with Crippen LogP contribution in [0, 0.1) is 0 Å². The number of amides is 1. The lowest BCUT2D eigenvalue weighted by atomic mass is 10.3. The highest BCUT2D eigenvalue weighted by molar-refractivity contribution is 9.10. The average Bonchev–Trinajstić information content (AvgIpc) is 3.08. The highest BCUT2D eigenvalue weighted by Gasteiger charge is 2.13. The largest absolute Gasteiger partial charge is 0.304 e. The van der Waals surface area contributed by atoms with Crippen LogP contribution in [-0.2, 0) is 0 Å². The third kappa shape index (κ3) is 3.02. The fourth-order valence-corrected chi connectivity index (χ4v) is 3.46. The minimum atomic E-state index is -0.193. The number of carbonyl (C=O) groups excluding carboxylic acids is 1. The summed E-state index contributed by atoms with van der Waals surface area (Å²) in [7, 11) is 0. The summed E-state index contributed by atoms with van der Waals surface area (Å²) < 4.78 is 2.40. The van der Waals surface area contributed by atoms with E-state index in [0.717, 1.165) is 10.2 Å². The molecule has 0 unspecified atom stereocenters. The van der Waals surface area contributed by atoms with Crippen LogP contribution in [0.15, 0.2) is 52.4 Å². The molecule has 21 heavy (non-hydrogen) atoms. The smallest absolute Gasteiger partial charge is 0.268 e. The Morgan fingerprint density at radius 2 is 2.10 bits per heavy atom. The molecule has 3 rings (SSSR count). The molecular formula is C14H9BrClN3OS. The van der Waals surface area contributed by atoms with E-state index in [2.05, 4.69) is 26.3 Å². The summed E-state index contributed by atoms with van der Waals surface area (Å²) in [6.45, 7) is 0. The van der Waals surface area contributed by atoms with Gasteiger partial charge >= 0.3 is 0 Å². The molecule has 7 heteroatoms. The standard InChI is InChI=1S/C14H9BrClN3OS/c15-9-6-8-21-13(9)14(20)17-12-5-7-19(18-12)11-4-2-1-3-10(11)16/h1-8H,(H,17,18,20). The zero-order chi connectivity index (χ0) is 14.8. The van der Waals surface area contributed by atoms with Gasteiger partial charge in [-0.3, -0.25) is 4.79 Å². The van der Waals surface area contributed by atoms with Crippen molar-refractivity contribution in [2.24, 2.45) is 0 Å². The van der Waals surface area contributed by atoms with Gasteiger partial charge in [-0.2, -0.15) is 0 Å². The van der Waals surface area contributed by atoms with E-state index >= 15 is 0 Å². The Morgan fingerprint density at radius 1 is 1.29 bits per heavy atom. The van der Waals surface area contributed by atoms with Gasteiger partial charge in [-0.25, -0.2) is 4.68 Å². The third-order valence-electron chi connectivity index (χ3n) is 2.75. The number of nitrogens with zero attached hydrogens (tertiary/aromatic N) is 2. The summed E-state index contributed by atoms with van der Waals surface area (Å²) in [5.41, 5.74) is 0.761. The molecule has 1 amide bonds. The second-order valence-corrected chi connectivity index (χ2v) is 6.33. The fourth-order valence-electron chi connectivity index (χ4n) is 1.79. The number of aromatic nitrogens is 2. The molecule has 2 heterocycles. The van der Waals surface area contributed by atoms with Crippen molar-refractivity contribution in [3.8, 4) is 5.69 Å². The van der Waals surface area contributed by atoms with Gasteiger partial charge < -0.3 is 5.32 Å². The Morgan fingerprint density at radius 3 is 2.81 bits per heavy atom. The van der Waals surface area contributed by atoms with Gasteiger partial charge in [0.2, 0.25) is 0 Å². The topological polar surface area (TPSA) is 46.9 Å². The van der Waals surface area contributed by atoms with Crippen LogP contribution in [0.2, 0.25) is 5.02 Å². The van der Waals surface area contributed by atoms with Crippen molar-refractivity contribution in [2.75, 3.05) is 5.32 Å². The van der Waals surface area contributed by atoms with E-state index in [-0.39, 0.29) is 5.91 Å². The van der Waals surface area contributed by atoms with E-state index < -0.39 is 0 Å². The van der Waals surface area contributed by atoms with Crippen LogP contribution >= 0.6 is 38.9 Å². The number of rotatable bonds is 3. The number of nitrogens with one attached hydrogen (secondary N) is 1. The number of para-hydroxylation sites is 1. The van der Waals surface area contributed by atoms with Crippen LogP contribution in [0.5, 0.6) is 0 Å². The first-order valence-electron chi connectivity index (χ1n) is 6.00. The second kappa shape index (κ2) is 6.01. The molecule has 2 aromatic heterocycles. The highest BCUT2D eigenvalue weighted by atomic mass is 79.9. The van der Waals surface area contributed by atoms with Crippen LogP contribution in [0.25, 0.3) is 5.69 Å². The number of halogens is 2. The van der Waals surface area contributed by atoms with Crippen LogP contribution in [0.3, 0.4) is 0 Å². The molecule has 0 aliphatic carbocycles. The molecule has 106 valence electrons. The molecule has 0 aliphatic heterocycles. The number of thiophene rings is 1. The molecule has 0 spiro atoms. The Labute approximate surface area is 138 Å².